The van der Waals surface area contributed by atoms with Crippen LogP contribution in [0.3, 0.4) is 0 Å². The molecule has 34 heavy (non-hydrogen) atoms. The lowest BCUT2D eigenvalue weighted by Gasteiger charge is -2.21. The molecule has 0 aliphatic rings. The van der Waals surface area contributed by atoms with Crippen molar-refractivity contribution in [2.24, 2.45) is 5.92 Å². The van der Waals surface area contributed by atoms with Crippen LogP contribution < -0.4 is 26.4 Å². The summed E-state index contributed by atoms with van der Waals surface area (Å²) in [5.74, 6) is 0.0821. The molecule has 0 saturated heterocycles. The van der Waals surface area contributed by atoms with Crippen LogP contribution in [0.15, 0.2) is 48.5 Å². The number of urea groups is 2. The number of carbonyl (C=O) groups excluding carboxylic acids is 2. The number of aliphatic carboxylic acids is 1. The van der Waals surface area contributed by atoms with Gasteiger partial charge in [-0.2, -0.15) is 0 Å². The Kier molecular flexibility index (Phi) is 10.7. The first-order valence-electron chi connectivity index (χ1n) is 11.1. The number of nitrogens with one attached hydrogen (secondary N) is 4. The summed E-state index contributed by atoms with van der Waals surface area (Å²) in [5.41, 5.74) is 10.2. The highest BCUT2D eigenvalue weighted by molar-refractivity contribution is 5.93. The molecule has 5 N–H and O–H groups in total. The highest BCUT2D eigenvalue weighted by atomic mass is 16.5. The van der Waals surface area contributed by atoms with E-state index in [1.54, 1.807) is 24.3 Å². The molecule has 2 aromatic rings. The average molecular weight is 472 g/mol. The number of carboxylic acids is 1. The Balaban J connectivity index is 1.85. The van der Waals surface area contributed by atoms with Crippen molar-refractivity contribution in [3.8, 4) is 5.75 Å². The molecule has 0 bridgehead atoms. The first kappa shape index (κ1) is 26.5. The summed E-state index contributed by atoms with van der Waals surface area (Å²) >= 11 is 0. The Morgan fingerprint density at radius 1 is 1.03 bits per heavy atom. The number of ether oxygens (including phenoxy) is 1. The van der Waals surface area contributed by atoms with E-state index in [1.165, 1.54) is 0 Å². The maximum Gasteiger partial charge on any atom is 0.341 e. The number of imide groups is 1. The standard InChI is InChI=1S/C24H33N5O5/c1-4-17(2)16-34-21-11-9-20(10-12-21)26-28-27-24(33)29(14-13-22(30)31)23(32)25-15-19-7-5-18(3)6-8-19/h5-12,17,26,28H,4,13-16H2,1-3H3,(H,25,32)(H,27,33)(H,30,31)/t17-/m0/s1. The number of nitrogens with zero attached hydrogens (tertiary/aromatic N) is 1. The Bertz CT molecular complexity index is 934. The second-order valence-electron chi connectivity index (χ2n) is 7.97. The van der Waals surface area contributed by atoms with Crippen molar-refractivity contribution in [2.45, 2.75) is 40.2 Å². The number of benzene rings is 2. The minimum atomic E-state index is -1.12. The van der Waals surface area contributed by atoms with Gasteiger partial charge in [0.1, 0.15) is 5.75 Å². The number of hydrogen-bond donors (Lipinski definition) is 5. The number of hydrogen-bond acceptors (Lipinski definition) is 6. The van der Waals surface area contributed by atoms with Gasteiger partial charge in [-0.3, -0.25) is 10.2 Å². The molecule has 10 heteroatoms. The van der Waals surface area contributed by atoms with Crippen molar-refractivity contribution in [1.29, 1.82) is 0 Å². The van der Waals surface area contributed by atoms with Gasteiger partial charge in [-0.05, 0) is 42.7 Å². The Morgan fingerprint density at radius 3 is 2.32 bits per heavy atom. The predicted octanol–water partition coefficient (Wildman–Crippen LogP) is 3.65. The van der Waals surface area contributed by atoms with Crippen LogP contribution in [-0.4, -0.2) is 41.2 Å². The van der Waals surface area contributed by atoms with E-state index in [4.69, 9.17) is 9.84 Å². The minimum absolute atomic E-state index is 0.201. The zero-order valence-electron chi connectivity index (χ0n) is 19.8. The Hall–Kier alpha value is -3.79. The molecular formula is C24H33N5O5. The van der Waals surface area contributed by atoms with Gasteiger partial charge in [0.25, 0.3) is 0 Å². The van der Waals surface area contributed by atoms with E-state index in [0.29, 0.717) is 18.2 Å². The molecule has 4 amide bonds. The highest BCUT2D eigenvalue weighted by Crippen LogP contribution is 2.16. The van der Waals surface area contributed by atoms with Crippen molar-refractivity contribution in [2.75, 3.05) is 18.6 Å². The number of hydrazine groups is 2. The first-order chi connectivity index (χ1) is 16.3. The van der Waals surface area contributed by atoms with Crippen molar-refractivity contribution >= 4 is 23.7 Å². The number of carbonyl (C=O) groups is 3. The fourth-order valence-electron chi connectivity index (χ4n) is 2.70. The van der Waals surface area contributed by atoms with Crippen LogP contribution in [0.1, 0.15) is 37.8 Å². The lowest BCUT2D eigenvalue weighted by molar-refractivity contribution is -0.137. The van der Waals surface area contributed by atoms with E-state index in [9.17, 15) is 14.4 Å². The van der Waals surface area contributed by atoms with E-state index in [2.05, 4.69) is 35.6 Å². The predicted molar refractivity (Wildman–Crippen MR) is 129 cm³/mol. The van der Waals surface area contributed by atoms with Crippen LogP contribution in [0.4, 0.5) is 15.3 Å². The molecule has 0 aromatic heterocycles. The van der Waals surface area contributed by atoms with Crippen molar-refractivity contribution in [1.82, 2.24) is 21.2 Å². The van der Waals surface area contributed by atoms with E-state index in [0.717, 1.165) is 28.2 Å². The summed E-state index contributed by atoms with van der Waals surface area (Å²) in [6.45, 7) is 6.73. The molecule has 0 unspecified atom stereocenters. The van der Waals surface area contributed by atoms with Gasteiger partial charge in [0.2, 0.25) is 0 Å². The second-order valence-corrected chi connectivity index (χ2v) is 7.97. The molecule has 184 valence electrons. The molecule has 0 spiro atoms. The van der Waals surface area contributed by atoms with Crippen LogP contribution in [0.25, 0.3) is 0 Å². The first-order valence-corrected chi connectivity index (χ1v) is 11.1. The maximum absolute atomic E-state index is 12.5. The van der Waals surface area contributed by atoms with Gasteiger partial charge >= 0.3 is 18.0 Å². The molecule has 0 fully saturated rings. The van der Waals surface area contributed by atoms with Crippen molar-refractivity contribution < 1.29 is 24.2 Å². The zero-order chi connectivity index (χ0) is 24.9. The van der Waals surface area contributed by atoms with E-state index in [1.807, 2.05) is 31.2 Å². The average Bonchev–Trinajstić information content (AvgIpc) is 2.82. The molecule has 1 atom stereocenters. The fourth-order valence-corrected chi connectivity index (χ4v) is 2.70. The third-order valence-corrected chi connectivity index (χ3v) is 5.07. The summed E-state index contributed by atoms with van der Waals surface area (Å²) in [4.78, 5) is 36.8. The third-order valence-electron chi connectivity index (χ3n) is 5.07. The quantitative estimate of drug-likeness (QED) is 0.299. The third kappa shape index (κ3) is 9.37. The van der Waals surface area contributed by atoms with E-state index < -0.39 is 18.0 Å². The van der Waals surface area contributed by atoms with Gasteiger partial charge < -0.3 is 20.6 Å². The van der Waals surface area contributed by atoms with Crippen LogP contribution in [0.2, 0.25) is 0 Å². The van der Waals surface area contributed by atoms with Crippen LogP contribution >= 0.6 is 0 Å². The Morgan fingerprint density at radius 2 is 1.71 bits per heavy atom. The normalized spacial score (nSPS) is 11.3. The molecule has 10 nitrogen and oxygen atoms in total. The summed E-state index contributed by atoms with van der Waals surface area (Å²) in [7, 11) is 0. The summed E-state index contributed by atoms with van der Waals surface area (Å²) in [5, 5.41) is 11.6. The zero-order valence-corrected chi connectivity index (χ0v) is 19.8. The largest absolute Gasteiger partial charge is 0.493 e. The van der Waals surface area contributed by atoms with E-state index in [-0.39, 0.29) is 19.5 Å². The number of amides is 4. The molecule has 2 rings (SSSR count). The molecule has 2 aromatic carbocycles. The number of aryl methyl sites for hydroxylation is 1. The van der Waals surface area contributed by atoms with Gasteiger partial charge in [-0.25, -0.2) is 14.5 Å². The second kappa shape index (κ2) is 13.7. The van der Waals surface area contributed by atoms with Gasteiger partial charge in [0.05, 0.1) is 18.7 Å². The monoisotopic (exact) mass is 471 g/mol. The molecule has 0 aliphatic carbocycles. The van der Waals surface area contributed by atoms with Crippen LogP contribution in [0, 0.1) is 12.8 Å². The van der Waals surface area contributed by atoms with Gasteiger partial charge in [-0.15, -0.1) is 5.53 Å². The lowest BCUT2D eigenvalue weighted by atomic mass is 10.1. The SMILES string of the molecule is CC[C@H](C)COc1ccc(NNNC(=O)N(CCC(=O)O)C(=O)NCc2ccc(C)cc2)cc1. The Labute approximate surface area is 199 Å². The number of carboxylic acid groups (broad SMARTS) is 1. The van der Waals surface area contributed by atoms with Crippen LogP contribution in [0.5, 0.6) is 5.75 Å². The fraction of sp³-hybridized carbons (Fsp3) is 0.375. The minimum Gasteiger partial charge on any atom is -0.493 e. The van der Waals surface area contributed by atoms with Crippen molar-refractivity contribution in [3.05, 3.63) is 59.7 Å². The molecular weight excluding hydrogens is 438 g/mol. The van der Waals surface area contributed by atoms with Crippen LogP contribution in [-0.2, 0) is 11.3 Å². The van der Waals surface area contributed by atoms with E-state index >= 15 is 0 Å². The molecule has 0 aliphatic heterocycles. The molecule has 0 heterocycles. The highest BCUT2D eigenvalue weighted by Gasteiger charge is 2.22. The topological polar surface area (TPSA) is 132 Å². The number of anilines is 1. The maximum atomic E-state index is 12.5. The lowest BCUT2D eigenvalue weighted by Crippen LogP contribution is -2.53. The smallest absolute Gasteiger partial charge is 0.341 e. The van der Waals surface area contributed by atoms with Gasteiger partial charge in [0, 0.05) is 13.1 Å². The summed E-state index contributed by atoms with van der Waals surface area (Å²) in [6.07, 6.45) is 0.660. The molecule has 0 radical (unpaired) electrons. The van der Waals surface area contributed by atoms with Gasteiger partial charge in [0.15, 0.2) is 0 Å². The summed E-state index contributed by atoms with van der Waals surface area (Å²) in [6, 6.07) is 13.2. The number of rotatable bonds is 12. The molecule has 0 saturated carbocycles. The summed E-state index contributed by atoms with van der Waals surface area (Å²) < 4.78 is 5.70. The van der Waals surface area contributed by atoms with Gasteiger partial charge in [-0.1, -0.05) is 50.1 Å². The van der Waals surface area contributed by atoms with Crippen molar-refractivity contribution in [3.63, 3.8) is 0 Å².